The first-order valence-electron chi connectivity index (χ1n) is 7.33. The topological polar surface area (TPSA) is 53.6 Å². The van der Waals surface area contributed by atoms with E-state index in [4.69, 9.17) is 5.73 Å². The monoisotopic (exact) mass is 442 g/mol. The number of hydrogen-bond acceptors (Lipinski definition) is 2. The summed E-state index contributed by atoms with van der Waals surface area (Å²) in [6.07, 6.45) is -3.34. The van der Waals surface area contributed by atoms with Crippen molar-refractivity contribution < 1.29 is 13.2 Å². The second-order valence-corrected chi connectivity index (χ2v) is 5.42. The predicted molar refractivity (Wildman–Crippen MR) is 95.8 cm³/mol. The molecule has 130 valence electrons. The Bertz CT molecular complexity index is 516. The maximum atomic E-state index is 12.5. The highest BCUT2D eigenvalue weighted by atomic mass is 127. The van der Waals surface area contributed by atoms with Gasteiger partial charge >= 0.3 is 6.18 Å². The molecule has 1 unspecified atom stereocenters. The van der Waals surface area contributed by atoms with E-state index in [-0.39, 0.29) is 30.0 Å². The van der Waals surface area contributed by atoms with Gasteiger partial charge in [-0.25, -0.2) is 0 Å². The number of alkyl halides is 3. The average molecular weight is 442 g/mol. The van der Waals surface area contributed by atoms with Crippen molar-refractivity contribution in [1.82, 2.24) is 10.2 Å². The molecule has 1 aliphatic heterocycles. The van der Waals surface area contributed by atoms with Crippen molar-refractivity contribution in [3.63, 3.8) is 0 Å². The Morgan fingerprint density at radius 3 is 2.57 bits per heavy atom. The molecule has 0 bridgehead atoms. The quantitative estimate of drug-likeness (QED) is 0.429. The summed E-state index contributed by atoms with van der Waals surface area (Å²) in [5, 5.41) is 3.16. The van der Waals surface area contributed by atoms with Crippen LogP contribution in [0.5, 0.6) is 0 Å². The molecule has 0 radical (unpaired) electrons. The fourth-order valence-corrected chi connectivity index (χ4v) is 2.58. The van der Waals surface area contributed by atoms with E-state index in [0.717, 1.165) is 37.2 Å². The van der Waals surface area contributed by atoms with Crippen molar-refractivity contribution in [3.8, 4) is 0 Å². The summed E-state index contributed by atoms with van der Waals surface area (Å²) in [5.41, 5.74) is 6.00. The molecule has 0 amide bonds. The Morgan fingerprint density at radius 1 is 1.35 bits per heavy atom. The minimum absolute atomic E-state index is 0. The first-order chi connectivity index (χ1) is 10.4. The lowest BCUT2D eigenvalue weighted by Crippen LogP contribution is -2.41. The van der Waals surface area contributed by atoms with Crippen LogP contribution in [0.25, 0.3) is 0 Å². The Balaban J connectivity index is 0.00000264. The van der Waals surface area contributed by atoms with Crippen molar-refractivity contribution in [3.05, 3.63) is 35.4 Å². The Labute approximate surface area is 151 Å². The largest absolute Gasteiger partial charge is 0.416 e. The van der Waals surface area contributed by atoms with Crippen LogP contribution in [-0.4, -0.2) is 36.5 Å². The Kier molecular flexibility index (Phi) is 7.59. The molecule has 1 heterocycles. The number of nitrogens with one attached hydrogen (secondary N) is 1. The number of nitrogens with zero attached hydrogens (tertiary/aromatic N) is 2. The van der Waals surface area contributed by atoms with Gasteiger partial charge in [-0.15, -0.1) is 24.0 Å². The number of hydrogen-bond donors (Lipinski definition) is 2. The van der Waals surface area contributed by atoms with Crippen molar-refractivity contribution in [2.45, 2.75) is 32.1 Å². The van der Waals surface area contributed by atoms with Crippen LogP contribution in [0, 0.1) is 0 Å². The van der Waals surface area contributed by atoms with E-state index in [1.54, 1.807) is 0 Å². The van der Waals surface area contributed by atoms with Crippen LogP contribution in [0.3, 0.4) is 0 Å². The molecular formula is C15H22F3IN4. The van der Waals surface area contributed by atoms with Crippen LogP contribution in [0.15, 0.2) is 29.3 Å². The van der Waals surface area contributed by atoms with Gasteiger partial charge in [0.15, 0.2) is 5.96 Å². The summed E-state index contributed by atoms with van der Waals surface area (Å²) in [5.74, 6) is 0.448. The van der Waals surface area contributed by atoms with Gasteiger partial charge in [0, 0.05) is 32.2 Å². The van der Waals surface area contributed by atoms with E-state index in [9.17, 15) is 13.2 Å². The molecule has 1 atom stereocenters. The van der Waals surface area contributed by atoms with Gasteiger partial charge < -0.3 is 11.1 Å². The van der Waals surface area contributed by atoms with Gasteiger partial charge in [-0.1, -0.05) is 12.1 Å². The van der Waals surface area contributed by atoms with Crippen molar-refractivity contribution in [2.24, 2.45) is 10.7 Å². The third-order valence-corrected chi connectivity index (χ3v) is 3.64. The van der Waals surface area contributed by atoms with Crippen LogP contribution in [-0.2, 0) is 12.7 Å². The number of aliphatic imine (C=N–C) groups is 1. The smallest absolute Gasteiger partial charge is 0.370 e. The lowest BCUT2D eigenvalue weighted by Gasteiger charge is -2.17. The molecule has 0 aromatic heterocycles. The van der Waals surface area contributed by atoms with Crippen LogP contribution in [0.2, 0.25) is 0 Å². The Hall–Kier alpha value is -1.03. The zero-order chi connectivity index (χ0) is 16.2. The van der Waals surface area contributed by atoms with Crippen molar-refractivity contribution >= 4 is 29.9 Å². The van der Waals surface area contributed by atoms with Gasteiger partial charge in [0.1, 0.15) is 0 Å². The molecule has 0 aliphatic carbocycles. The van der Waals surface area contributed by atoms with Gasteiger partial charge in [0.2, 0.25) is 0 Å². The highest BCUT2D eigenvalue weighted by molar-refractivity contribution is 14.0. The fraction of sp³-hybridized carbons (Fsp3) is 0.533. The molecule has 4 nitrogen and oxygen atoms in total. The molecule has 0 saturated carbocycles. The maximum Gasteiger partial charge on any atom is 0.416 e. The number of nitrogens with two attached hydrogens (primary N) is 1. The van der Waals surface area contributed by atoms with Gasteiger partial charge in [-0.05, 0) is 31.0 Å². The first kappa shape index (κ1) is 20.0. The minimum atomic E-state index is -4.28. The number of benzene rings is 1. The average Bonchev–Trinajstić information content (AvgIpc) is 2.85. The van der Waals surface area contributed by atoms with Gasteiger partial charge in [0.05, 0.1) is 5.56 Å². The zero-order valence-electron chi connectivity index (χ0n) is 12.9. The van der Waals surface area contributed by atoms with Crippen molar-refractivity contribution in [1.29, 1.82) is 0 Å². The molecule has 1 fully saturated rings. The standard InChI is InChI=1S/C15H21F3N4.HI/c1-2-20-14(19)21-13-7-8-22(10-13)9-11-3-5-12(6-4-11)15(16,17)18;/h3-6,13H,2,7-10H2,1H3,(H3,19,20,21);1H. The van der Waals surface area contributed by atoms with E-state index in [0.29, 0.717) is 19.0 Å². The van der Waals surface area contributed by atoms with Gasteiger partial charge in [-0.3, -0.25) is 9.89 Å². The molecule has 3 N–H and O–H groups in total. The number of rotatable bonds is 4. The van der Waals surface area contributed by atoms with E-state index in [1.807, 2.05) is 6.92 Å². The molecule has 1 aromatic rings. The third-order valence-electron chi connectivity index (χ3n) is 3.64. The van der Waals surface area contributed by atoms with Crippen LogP contribution in [0.4, 0.5) is 13.2 Å². The third kappa shape index (κ3) is 6.17. The second kappa shape index (κ2) is 8.72. The molecule has 1 aromatic carbocycles. The minimum Gasteiger partial charge on any atom is -0.370 e. The Morgan fingerprint density at radius 2 is 2.00 bits per heavy atom. The molecular weight excluding hydrogens is 420 g/mol. The van der Waals surface area contributed by atoms with Gasteiger partial charge in [0.25, 0.3) is 0 Å². The summed E-state index contributed by atoms with van der Waals surface area (Å²) in [6, 6.07) is 5.58. The van der Waals surface area contributed by atoms with Crippen molar-refractivity contribution in [2.75, 3.05) is 19.6 Å². The number of likely N-dealkylation sites (tertiary alicyclic amines) is 1. The summed E-state index contributed by atoms with van der Waals surface area (Å²) < 4.78 is 37.6. The lowest BCUT2D eigenvalue weighted by molar-refractivity contribution is -0.137. The van der Waals surface area contributed by atoms with Crippen LogP contribution >= 0.6 is 24.0 Å². The molecule has 0 spiro atoms. The van der Waals surface area contributed by atoms with E-state index in [2.05, 4.69) is 15.2 Å². The van der Waals surface area contributed by atoms with E-state index < -0.39 is 11.7 Å². The van der Waals surface area contributed by atoms with Crippen LogP contribution < -0.4 is 11.1 Å². The summed E-state index contributed by atoms with van der Waals surface area (Å²) in [6.45, 7) is 4.89. The predicted octanol–water partition coefficient (Wildman–Crippen LogP) is 2.82. The highest BCUT2D eigenvalue weighted by Gasteiger charge is 2.30. The molecule has 23 heavy (non-hydrogen) atoms. The molecule has 8 heteroatoms. The SMILES string of the molecule is CCN=C(N)NC1CCN(Cc2ccc(C(F)(F)F)cc2)C1.I. The normalized spacial score (nSPS) is 19.5. The zero-order valence-corrected chi connectivity index (χ0v) is 15.3. The summed E-state index contributed by atoms with van der Waals surface area (Å²) >= 11 is 0. The second-order valence-electron chi connectivity index (χ2n) is 5.42. The highest BCUT2D eigenvalue weighted by Crippen LogP contribution is 2.29. The lowest BCUT2D eigenvalue weighted by atomic mass is 10.1. The van der Waals surface area contributed by atoms with E-state index in [1.165, 1.54) is 12.1 Å². The van der Waals surface area contributed by atoms with E-state index >= 15 is 0 Å². The number of halogens is 4. The molecule has 1 aliphatic rings. The fourth-order valence-electron chi connectivity index (χ4n) is 2.58. The first-order valence-corrected chi connectivity index (χ1v) is 7.33. The molecule has 1 saturated heterocycles. The summed E-state index contributed by atoms with van der Waals surface area (Å²) in [7, 11) is 0. The maximum absolute atomic E-state index is 12.5. The number of guanidine groups is 1. The van der Waals surface area contributed by atoms with Gasteiger partial charge in [-0.2, -0.15) is 13.2 Å². The summed E-state index contributed by atoms with van der Waals surface area (Å²) in [4.78, 5) is 6.28. The molecule has 2 rings (SSSR count). The van der Waals surface area contributed by atoms with Crippen LogP contribution in [0.1, 0.15) is 24.5 Å².